The van der Waals surface area contributed by atoms with Gasteiger partial charge < -0.3 is 11.1 Å². The minimum Gasteiger partial charge on any atom is -0.399 e. The van der Waals surface area contributed by atoms with Gasteiger partial charge >= 0.3 is 0 Å². The molecule has 15 heavy (non-hydrogen) atoms. The molecule has 0 bridgehead atoms. The highest BCUT2D eigenvalue weighted by atomic mass is 14.9. The maximum atomic E-state index is 5.90. The second-order valence-electron chi connectivity index (χ2n) is 4.61. The minimum absolute atomic E-state index is 0.679. The molecule has 0 radical (unpaired) electrons. The standard InChI is InChI=1S/C13H20N2/c1-9-7-13(14)10(2)6-12(9)11-4-3-5-15-8-11/h6-7,11,15H,3-5,8,14H2,1-2H3. The minimum atomic E-state index is 0.679. The van der Waals surface area contributed by atoms with E-state index in [2.05, 4.69) is 31.3 Å². The van der Waals surface area contributed by atoms with Crippen molar-refractivity contribution in [1.82, 2.24) is 5.32 Å². The van der Waals surface area contributed by atoms with Gasteiger partial charge in [0.2, 0.25) is 0 Å². The molecule has 0 saturated carbocycles. The van der Waals surface area contributed by atoms with Crippen LogP contribution in [0.25, 0.3) is 0 Å². The van der Waals surface area contributed by atoms with Crippen molar-refractivity contribution < 1.29 is 0 Å². The number of nitrogens with two attached hydrogens (primary N) is 1. The fourth-order valence-corrected chi connectivity index (χ4v) is 2.42. The number of piperidine rings is 1. The highest BCUT2D eigenvalue weighted by Gasteiger charge is 2.17. The predicted octanol–water partition coefficient (Wildman–Crippen LogP) is 2.35. The summed E-state index contributed by atoms with van der Waals surface area (Å²) in [6.45, 7) is 6.54. The molecule has 1 heterocycles. The molecule has 1 aliphatic heterocycles. The summed E-state index contributed by atoms with van der Waals surface area (Å²) < 4.78 is 0. The molecule has 2 nitrogen and oxygen atoms in total. The molecule has 1 unspecified atom stereocenters. The van der Waals surface area contributed by atoms with Crippen LogP contribution in [0.4, 0.5) is 5.69 Å². The zero-order chi connectivity index (χ0) is 10.8. The first-order chi connectivity index (χ1) is 7.18. The van der Waals surface area contributed by atoms with Gasteiger partial charge in [-0.25, -0.2) is 0 Å². The van der Waals surface area contributed by atoms with Crippen LogP contribution >= 0.6 is 0 Å². The Kier molecular flexibility index (Phi) is 2.96. The van der Waals surface area contributed by atoms with Crippen molar-refractivity contribution in [2.24, 2.45) is 0 Å². The van der Waals surface area contributed by atoms with Crippen molar-refractivity contribution in [3.05, 3.63) is 28.8 Å². The van der Waals surface area contributed by atoms with E-state index in [0.29, 0.717) is 5.92 Å². The molecule has 0 amide bonds. The number of rotatable bonds is 1. The first-order valence-corrected chi connectivity index (χ1v) is 5.76. The normalized spacial score (nSPS) is 21.6. The molecule has 1 atom stereocenters. The number of anilines is 1. The molecule has 0 spiro atoms. The molecule has 82 valence electrons. The summed E-state index contributed by atoms with van der Waals surface area (Å²) >= 11 is 0. The van der Waals surface area contributed by atoms with E-state index in [1.165, 1.54) is 36.1 Å². The number of benzene rings is 1. The van der Waals surface area contributed by atoms with Crippen LogP contribution in [0.3, 0.4) is 0 Å². The second-order valence-corrected chi connectivity index (χ2v) is 4.61. The Balaban J connectivity index is 2.30. The monoisotopic (exact) mass is 204 g/mol. The van der Waals surface area contributed by atoms with E-state index in [4.69, 9.17) is 5.73 Å². The van der Waals surface area contributed by atoms with E-state index in [1.807, 2.05) is 0 Å². The number of nitrogen functional groups attached to an aromatic ring is 1. The lowest BCUT2D eigenvalue weighted by Crippen LogP contribution is -2.28. The second kappa shape index (κ2) is 4.23. The Morgan fingerprint density at radius 1 is 1.27 bits per heavy atom. The molecular weight excluding hydrogens is 184 g/mol. The lowest BCUT2D eigenvalue weighted by Gasteiger charge is -2.25. The van der Waals surface area contributed by atoms with Crippen molar-refractivity contribution in [3.63, 3.8) is 0 Å². The number of hydrogen-bond acceptors (Lipinski definition) is 2. The van der Waals surface area contributed by atoms with Crippen molar-refractivity contribution >= 4 is 5.69 Å². The Morgan fingerprint density at radius 2 is 2.07 bits per heavy atom. The van der Waals surface area contributed by atoms with E-state index in [9.17, 15) is 0 Å². The third kappa shape index (κ3) is 2.15. The molecule has 1 fully saturated rings. The Bertz CT molecular complexity index is 352. The molecule has 1 aromatic rings. The fraction of sp³-hybridized carbons (Fsp3) is 0.538. The van der Waals surface area contributed by atoms with Gasteiger partial charge in [0.1, 0.15) is 0 Å². The van der Waals surface area contributed by atoms with Gasteiger partial charge in [-0.1, -0.05) is 6.07 Å². The van der Waals surface area contributed by atoms with Crippen LogP contribution in [0, 0.1) is 13.8 Å². The highest BCUT2D eigenvalue weighted by Crippen LogP contribution is 2.28. The van der Waals surface area contributed by atoms with Crippen molar-refractivity contribution in [3.8, 4) is 0 Å². The van der Waals surface area contributed by atoms with Crippen LogP contribution in [0.5, 0.6) is 0 Å². The zero-order valence-electron chi connectivity index (χ0n) is 9.64. The predicted molar refractivity (Wildman–Crippen MR) is 65.2 cm³/mol. The van der Waals surface area contributed by atoms with Crippen molar-refractivity contribution in [2.45, 2.75) is 32.6 Å². The SMILES string of the molecule is Cc1cc(C2CCCNC2)c(C)cc1N. The Labute approximate surface area is 91.9 Å². The summed E-state index contributed by atoms with van der Waals surface area (Å²) in [6, 6.07) is 4.38. The molecule has 0 aromatic heterocycles. The third-order valence-electron chi connectivity index (χ3n) is 3.39. The topological polar surface area (TPSA) is 38.0 Å². The van der Waals surface area contributed by atoms with Crippen molar-refractivity contribution in [2.75, 3.05) is 18.8 Å². The zero-order valence-corrected chi connectivity index (χ0v) is 9.64. The Morgan fingerprint density at radius 3 is 2.73 bits per heavy atom. The van der Waals surface area contributed by atoms with Crippen LogP contribution in [0.1, 0.15) is 35.4 Å². The summed E-state index contributed by atoms with van der Waals surface area (Å²) in [4.78, 5) is 0. The van der Waals surface area contributed by atoms with Crippen LogP contribution in [-0.2, 0) is 0 Å². The molecule has 2 rings (SSSR count). The molecular formula is C13H20N2. The average molecular weight is 204 g/mol. The largest absolute Gasteiger partial charge is 0.399 e. The summed E-state index contributed by atoms with van der Waals surface area (Å²) in [6.07, 6.45) is 2.59. The summed E-state index contributed by atoms with van der Waals surface area (Å²) in [7, 11) is 0. The quantitative estimate of drug-likeness (QED) is 0.689. The molecule has 3 N–H and O–H groups in total. The Hall–Kier alpha value is -1.02. The number of nitrogens with one attached hydrogen (secondary N) is 1. The van der Waals surface area contributed by atoms with Gasteiger partial charge in [-0.15, -0.1) is 0 Å². The van der Waals surface area contributed by atoms with E-state index < -0.39 is 0 Å². The van der Waals surface area contributed by atoms with Gasteiger partial charge in [-0.3, -0.25) is 0 Å². The third-order valence-corrected chi connectivity index (χ3v) is 3.39. The summed E-state index contributed by atoms with van der Waals surface area (Å²) in [5.41, 5.74) is 10.8. The van der Waals surface area contributed by atoms with E-state index in [-0.39, 0.29) is 0 Å². The summed E-state index contributed by atoms with van der Waals surface area (Å²) in [5.74, 6) is 0.679. The first kappa shape index (κ1) is 10.5. The van der Waals surface area contributed by atoms with Gasteiger partial charge in [-0.2, -0.15) is 0 Å². The number of hydrogen-bond donors (Lipinski definition) is 2. The molecule has 2 heteroatoms. The van der Waals surface area contributed by atoms with Crippen LogP contribution in [-0.4, -0.2) is 13.1 Å². The fourth-order valence-electron chi connectivity index (χ4n) is 2.42. The van der Waals surface area contributed by atoms with Crippen LogP contribution < -0.4 is 11.1 Å². The van der Waals surface area contributed by atoms with Gasteiger partial charge in [0.15, 0.2) is 0 Å². The van der Waals surface area contributed by atoms with E-state index in [0.717, 1.165) is 12.2 Å². The van der Waals surface area contributed by atoms with Gasteiger partial charge in [-0.05, 0) is 61.9 Å². The van der Waals surface area contributed by atoms with Crippen LogP contribution in [0.2, 0.25) is 0 Å². The van der Waals surface area contributed by atoms with E-state index >= 15 is 0 Å². The smallest absolute Gasteiger partial charge is 0.0346 e. The molecule has 1 aliphatic rings. The van der Waals surface area contributed by atoms with Gasteiger partial charge in [0.25, 0.3) is 0 Å². The first-order valence-electron chi connectivity index (χ1n) is 5.76. The number of aryl methyl sites for hydroxylation is 2. The average Bonchev–Trinajstić information content (AvgIpc) is 2.25. The lowest BCUT2D eigenvalue weighted by atomic mass is 9.87. The van der Waals surface area contributed by atoms with Gasteiger partial charge in [0.05, 0.1) is 0 Å². The highest BCUT2D eigenvalue weighted by molar-refractivity contribution is 5.52. The molecule has 0 aliphatic carbocycles. The van der Waals surface area contributed by atoms with E-state index in [1.54, 1.807) is 0 Å². The maximum Gasteiger partial charge on any atom is 0.0346 e. The molecule has 1 aromatic carbocycles. The molecule has 1 saturated heterocycles. The van der Waals surface area contributed by atoms with Crippen molar-refractivity contribution in [1.29, 1.82) is 0 Å². The summed E-state index contributed by atoms with van der Waals surface area (Å²) in [5, 5.41) is 3.46. The maximum absolute atomic E-state index is 5.90. The lowest BCUT2D eigenvalue weighted by molar-refractivity contribution is 0.460. The van der Waals surface area contributed by atoms with Crippen LogP contribution in [0.15, 0.2) is 12.1 Å². The van der Waals surface area contributed by atoms with Gasteiger partial charge in [0, 0.05) is 12.2 Å².